The van der Waals surface area contributed by atoms with E-state index >= 15 is 0 Å². The van der Waals surface area contributed by atoms with Crippen LogP contribution in [0, 0.1) is 0 Å². The van der Waals surface area contributed by atoms with Gasteiger partial charge in [-0.1, -0.05) is 68.4 Å². The average Bonchev–Trinajstić information content (AvgIpc) is 2.84. The Labute approximate surface area is 213 Å². The van der Waals surface area contributed by atoms with Crippen LogP contribution in [0.1, 0.15) is 58.3 Å². The molecule has 9 heteroatoms. The van der Waals surface area contributed by atoms with E-state index in [0.717, 1.165) is 12.8 Å². The number of aliphatic hydroxyl groups is 1. The number of aliphatic hydroxyl groups excluding tert-OH is 1. The maximum Gasteiger partial charge on any atom is 0.322 e. The van der Waals surface area contributed by atoms with Crippen LogP contribution in [0.3, 0.4) is 0 Å². The normalized spacial score (nSPS) is 14.6. The third kappa shape index (κ3) is 19.6. The van der Waals surface area contributed by atoms with Crippen LogP contribution in [0.15, 0.2) is 48.6 Å². The molecule has 0 bridgehead atoms. The highest BCUT2D eigenvalue weighted by atomic mass is 32.2. The van der Waals surface area contributed by atoms with E-state index in [1.165, 1.54) is 38.1 Å². The standard InChI is InChI=1S/C26H42N2O6S/c1-3-4-5-6-7-8-9-10-11-12-13-14-17-23(22(29)16-15-18-25(32)34-2)35-20-21(27)26(33)28-19-24(30)31/h7-8,10-14,17,21-23,29H,3-6,9,15-16,18-20,27H2,1-2H3,(H,28,33)(H,30,31)/b8-7-,11-10-,13-12-,17-14-/t21-,22-,23+/m0/s1. The number of nitrogens with two attached hydrogens (primary N) is 1. The summed E-state index contributed by atoms with van der Waals surface area (Å²) in [4.78, 5) is 33.8. The predicted octanol–water partition coefficient (Wildman–Crippen LogP) is 3.52. The van der Waals surface area contributed by atoms with Crippen LogP contribution in [-0.2, 0) is 19.1 Å². The Morgan fingerprint density at radius 2 is 1.80 bits per heavy atom. The van der Waals surface area contributed by atoms with E-state index in [2.05, 4.69) is 35.2 Å². The van der Waals surface area contributed by atoms with E-state index in [4.69, 9.17) is 10.8 Å². The lowest BCUT2D eigenvalue weighted by Crippen LogP contribution is -2.44. The molecule has 0 aromatic carbocycles. The number of nitrogens with one attached hydrogen (secondary N) is 1. The summed E-state index contributed by atoms with van der Waals surface area (Å²) in [6.07, 6.45) is 21.8. The van der Waals surface area contributed by atoms with Crippen molar-refractivity contribution in [2.24, 2.45) is 5.73 Å². The van der Waals surface area contributed by atoms with E-state index in [-0.39, 0.29) is 23.4 Å². The van der Waals surface area contributed by atoms with Crippen molar-refractivity contribution in [1.29, 1.82) is 0 Å². The highest BCUT2D eigenvalue weighted by Gasteiger charge is 2.21. The lowest BCUT2D eigenvalue weighted by Gasteiger charge is -2.21. The predicted molar refractivity (Wildman–Crippen MR) is 142 cm³/mol. The fraction of sp³-hybridized carbons (Fsp3) is 0.577. The van der Waals surface area contributed by atoms with Gasteiger partial charge in [-0.2, -0.15) is 0 Å². The second kappa shape index (κ2) is 22.1. The number of hydrogen-bond acceptors (Lipinski definition) is 7. The van der Waals surface area contributed by atoms with Crippen LogP contribution in [-0.4, -0.2) is 64.9 Å². The zero-order valence-corrected chi connectivity index (χ0v) is 21.8. The van der Waals surface area contributed by atoms with Gasteiger partial charge < -0.3 is 26.0 Å². The number of hydrogen-bond donors (Lipinski definition) is 4. The van der Waals surface area contributed by atoms with Crippen molar-refractivity contribution in [3.05, 3.63) is 48.6 Å². The van der Waals surface area contributed by atoms with Crippen molar-refractivity contribution in [3.63, 3.8) is 0 Å². The van der Waals surface area contributed by atoms with Crippen molar-refractivity contribution < 1.29 is 29.3 Å². The quantitative estimate of drug-likeness (QED) is 0.0844. The summed E-state index contributed by atoms with van der Waals surface area (Å²) >= 11 is 1.30. The van der Waals surface area contributed by atoms with Gasteiger partial charge in [0.05, 0.1) is 19.3 Å². The number of carboxylic acid groups (broad SMARTS) is 1. The van der Waals surface area contributed by atoms with Gasteiger partial charge in [0, 0.05) is 17.4 Å². The van der Waals surface area contributed by atoms with Crippen molar-refractivity contribution >= 4 is 29.6 Å². The second-order valence-electron chi connectivity index (χ2n) is 7.95. The highest BCUT2D eigenvalue weighted by Crippen LogP contribution is 2.21. The summed E-state index contributed by atoms with van der Waals surface area (Å²) in [5.41, 5.74) is 5.86. The molecule has 5 N–H and O–H groups in total. The average molecular weight is 511 g/mol. The highest BCUT2D eigenvalue weighted by molar-refractivity contribution is 8.00. The Kier molecular flexibility index (Phi) is 20.6. The smallest absolute Gasteiger partial charge is 0.322 e. The molecule has 1 amide bonds. The number of carboxylic acids is 1. The molecule has 0 radical (unpaired) electrons. The summed E-state index contributed by atoms with van der Waals surface area (Å²) < 4.78 is 4.62. The number of ether oxygens (including phenoxy) is 1. The minimum absolute atomic E-state index is 0.197. The first kappa shape index (κ1) is 32.6. The molecule has 198 valence electrons. The number of methoxy groups -OCH3 is 1. The Bertz CT molecular complexity index is 721. The van der Waals surface area contributed by atoms with E-state index in [1.807, 2.05) is 30.4 Å². The van der Waals surface area contributed by atoms with Crippen LogP contribution in [0.25, 0.3) is 0 Å². The van der Waals surface area contributed by atoms with Gasteiger partial charge in [0.1, 0.15) is 6.54 Å². The number of allylic oxidation sites excluding steroid dienone is 7. The van der Waals surface area contributed by atoms with Gasteiger partial charge in [-0.25, -0.2) is 0 Å². The zero-order chi connectivity index (χ0) is 26.3. The van der Waals surface area contributed by atoms with Gasteiger partial charge in [-0.05, 0) is 32.1 Å². The van der Waals surface area contributed by atoms with E-state index < -0.39 is 30.6 Å². The Morgan fingerprint density at radius 1 is 1.06 bits per heavy atom. The molecule has 0 aromatic rings. The molecule has 0 aliphatic carbocycles. The molecular weight excluding hydrogens is 468 g/mol. The second-order valence-corrected chi connectivity index (χ2v) is 9.16. The number of aliphatic carboxylic acids is 1. The van der Waals surface area contributed by atoms with Crippen LogP contribution >= 0.6 is 11.8 Å². The molecule has 0 fully saturated rings. The van der Waals surface area contributed by atoms with Crippen LogP contribution in [0.5, 0.6) is 0 Å². The molecule has 0 rings (SSSR count). The monoisotopic (exact) mass is 510 g/mol. The Morgan fingerprint density at radius 3 is 2.49 bits per heavy atom. The van der Waals surface area contributed by atoms with Crippen LogP contribution in [0.2, 0.25) is 0 Å². The summed E-state index contributed by atoms with van der Waals surface area (Å²) in [5, 5.41) is 21.2. The Hall–Kier alpha value is -2.36. The van der Waals surface area contributed by atoms with Crippen molar-refractivity contribution in [2.45, 2.75) is 75.7 Å². The van der Waals surface area contributed by atoms with Crippen LogP contribution < -0.4 is 11.1 Å². The molecule has 0 aliphatic rings. The maximum absolute atomic E-state index is 11.9. The topological polar surface area (TPSA) is 139 Å². The number of rotatable bonds is 20. The van der Waals surface area contributed by atoms with Crippen molar-refractivity contribution in [1.82, 2.24) is 5.32 Å². The fourth-order valence-electron chi connectivity index (χ4n) is 2.86. The maximum atomic E-state index is 11.9. The summed E-state index contributed by atoms with van der Waals surface area (Å²) in [5.74, 6) is -1.85. The van der Waals surface area contributed by atoms with Gasteiger partial charge in [0.15, 0.2) is 0 Å². The minimum atomic E-state index is -1.15. The number of esters is 1. The Balaban J connectivity index is 4.75. The SMILES string of the molecule is CCCCC/C=C\C\C=C/C=C\C=C/[C@@H](SC[C@H](N)C(=O)NCC(=O)O)[C@@H](O)CCCC(=O)OC. The van der Waals surface area contributed by atoms with Gasteiger partial charge in [-0.15, -0.1) is 11.8 Å². The van der Waals surface area contributed by atoms with Crippen LogP contribution in [0.4, 0.5) is 0 Å². The summed E-state index contributed by atoms with van der Waals surface area (Å²) in [6.45, 7) is 1.70. The molecule has 0 aromatic heterocycles. The first-order valence-electron chi connectivity index (χ1n) is 12.1. The lowest BCUT2D eigenvalue weighted by molar-refractivity contribution is -0.141. The molecule has 0 saturated heterocycles. The number of amides is 1. The molecule has 0 saturated carbocycles. The molecular formula is C26H42N2O6S. The minimum Gasteiger partial charge on any atom is -0.480 e. The van der Waals surface area contributed by atoms with Gasteiger partial charge in [0.25, 0.3) is 0 Å². The number of unbranched alkanes of at least 4 members (excludes halogenated alkanes) is 3. The molecule has 0 aliphatic heterocycles. The number of carbonyl (C=O) groups is 3. The summed E-state index contributed by atoms with van der Waals surface area (Å²) in [7, 11) is 1.32. The lowest BCUT2D eigenvalue weighted by atomic mass is 10.1. The number of thioether (sulfide) groups is 1. The van der Waals surface area contributed by atoms with E-state index in [1.54, 1.807) is 0 Å². The van der Waals surface area contributed by atoms with Crippen molar-refractivity contribution in [3.8, 4) is 0 Å². The number of carbonyl (C=O) groups excluding carboxylic acids is 2. The first-order valence-corrected chi connectivity index (χ1v) is 13.1. The van der Waals surface area contributed by atoms with E-state index in [0.29, 0.717) is 12.8 Å². The summed E-state index contributed by atoms with van der Waals surface area (Å²) in [6, 6.07) is -0.911. The van der Waals surface area contributed by atoms with Gasteiger partial charge in [0.2, 0.25) is 5.91 Å². The largest absolute Gasteiger partial charge is 0.480 e. The fourth-order valence-corrected chi connectivity index (χ4v) is 4.01. The third-order valence-electron chi connectivity index (χ3n) is 4.89. The third-order valence-corrected chi connectivity index (χ3v) is 6.30. The molecule has 8 nitrogen and oxygen atoms in total. The molecule has 35 heavy (non-hydrogen) atoms. The molecule has 0 unspecified atom stereocenters. The molecule has 3 atom stereocenters. The zero-order valence-electron chi connectivity index (χ0n) is 20.9. The molecule has 0 spiro atoms. The van der Waals surface area contributed by atoms with Gasteiger partial charge >= 0.3 is 11.9 Å². The first-order chi connectivity index (χ1) is 16.8. The van der Waals surface area contributed by atoms with E-state index in [9.17, 15) is 19.5 Å². The van der Waals surface area contributed by atoms with Crippen molar-refractivity contribution in [2.75, 3.05) is 19.4 Å². The van der Waals surface area contributed by atoms with Gasteiger partial charge in [-0.3, -0.25) is 14.4 Å². The molecule has 0 heterocycles.